The highest BCUT2D eigenvalue weighted by Crippen LogP contribution is 2.27. The van der Waals surface area contributed by atoms with Crippen LogP contribution >= 0.6 is 15.9 Å². The molecule has 2 aromatic rings. The molecule has 0 atom stereocenters. The van der Waals surface area contributed by atoms with Crippen LogP contribution in [0.4, 0.5) is 16.3 Å². The summed E-state index contributed by atoms with van der Waals surface area (Å²) in [5.74, 6) is 0.945. The van der Waals surface area contributed by atoms with Crippen LogP contribution in [0.25, 0.3) is 0 Å². The normalized spacial score (nSPS) is 13.2. The average molecular weight is 424 g/mol. The van der Waals surface area contributed by atoms with Crippen molar-refractivity contribution in [2.75, 3.05) is 44.0 Å². The van der Waals surface area contributed by atoms with Crippen LogP contribution in [-0.2, 0) is 4.74 Å². The third-order valence-electron chi connectivity index (χ3n) is 3.28. The second-order valence-electron chi connectivity index (χ2n) is 5.33. The van der Waals surface area contributed by atoms with Gasteiger partial charge in [0, 0.05) is 17.6 Å². The van der Waals surface area contributed by atoms with Crippen molar-refractivity contribution >= 4 is 33.5 Å². The summed E-state index contributed by atoms with van der Waals surface area (Å²) in [5, 5.41) is 8.45. The number of amides is 2. The van der Waals surface area contributed by atoms with E-state index in [1.165, 1.54) is 13.3 Å². The van der Waals surface area contributed by atoms with Crippen molar-refractivity contribution in [3.63, 3.8) is 0 Å². The summed E-state index contributed by atoms with van der Waals surface area (Å²) in [7, 11) is 1.54. The molecule has 0 aliphatic carbocycles. The maximum absolute atomic E-state index is 11.9. The largest absolute Gasteiger partial charge is 0.495 e. The predicted molar refractivity (Wildman–Crippen MR) is 104 cm³/mol. The first-order valence-electron chi connectivity index (χ1n) is 8.07. The molecule has 0 bridgehead atoms. The maximum Gasteiger partial charge on any atom is 0.325 e. The van der Waals surface area contributed by atoms with Gasteiger partial charge in [0.1, 0.15) is 5.75 Å². The van der Waals surface area contributed by atoms with Crippen LogP contribution in [0, 0.1) is 6.92 Å². The van der Waals surface area contributed by atoms with Gasteiger partial charge in [-0.2, -0.15) is 0 Å². The summed E-state index contributed by atoms with van der Waals surface area (Å²) < 4.78 is 11.0. The highest BCUT2D eigenvalue weighted by Gasteiger charge is 2.09. The standard InChI is InChI=1S/C13H13BrN4O2.C4H9NO/c1-8-6-16-12(7-15-8)18-13(19)17-10-5-9(14)3-4-11(10)20-2;1-3-6-4-2-5-1/h3-7H,1-2H3,(H2,16,17,18,19);5H,1-4H2. The van der Waals surface area contributed by atoms with Crippen LogP contribution < -0.4 is 20.7 Å². The Morgan fingerprint density at radius 2 is 2.00 bits per heavy atom. The molecule has 2 heterocycles. The van der Waals surface area contributed by atoms with E-state index >= 15 is 0 Å². The van der Waals surface area contributed by atoms with Crippen LogP contribution in [0.3, 0.4) is 0 Å². The molecule has 1 aliphatic rings. The molecular weight excluding hydrogens is 402 g/mol. The highest BCUT2D eigenvalue weighted by atomic mass is 79.9. The van der Waals surface area contributed by atoms with Crippen LogP contribution in [0.2, 0.25) is 0 Å². The van der Waals surface area contributed by atoms with Gasteiger partial charge >= 0.3 is 6.03 Å². The minimum atomic E-state index is -0.417. The third-order valence-corrected chi connectivity index (χ3v) is 3.77. The van der Waals surface area contributed by atoms with Gasteiger partial charge in [-0.1, -0.05) is 15.9 Å². The number of halogens is 1. The van der Waals surface area contributed by atoms with E-state index in [4.69, 9.17) is 9.47 Å². The smallest absolute Gasteiger partial charge is 0.325 e. The number of urea groups is 1. The number of aromatic nitrogens is 2. The monoisotopic (exact) mass is 423 g/mol. The van der Waals surface area contributed by atoms with Gasteiger partial charge in [-0.25, -0.2) is 9.78 Å². The molecule has 1 aromatic heterocycles. The lowest BCUT2D eigenvalue weighted by molar-refractivity contribution is 0.109. The first-order chi connectivity index (χ1) is 12.6. The van der Waals surface area contributed by atoms with Crippen molar-refractivity contribution < 1.29 is 14.3 Å². The molecule has 3 rings (SSSR count). The zero-order valence-electron chi connectivity index (χ0n) is 14.7. The van der Waals surface area contributed by atoms with Crippen LogP contribution in [0.15, 0.2) is 35.1 Å². The molecule has 0 saturated carbocycles. The minimum Gasteiger partial charge on any atom is -0.495 e. The summed E-state index contributed by atoms with van der Waals surface area (Å²) >= 11 is 3.34. The van der Waals surface area contributed by atoms with Crippen LogP contribution in [0.1, 0.15) is 5.69 Å². The number of carbonyl (C=O) groups excluding carboxylic acids is 1. The summed E-state index contributed by atoms with van der Waals surface area (Å²) in [5.41, 5.74) is 1.34. The molecule has 8 nitrogen and oxygen atoms in total. The van der Waals surface area contributed by atoms with Gasteiger partial charge in [0.15, 0.2) is 5.82 Å². The molecule has 3 N–H and O–H groups in total. The first kappa shape index (κ1) is 20.1. The van der Waals surface area contributed by atoms with Crippen molar-refractivity contribution in [1.29, 1.82) is 0 Å². The van der Waals surface area contributed by atoms with Crippen molar-refractivity contribution in [1.82, 2.24) is 15.3 Å². The van der Waals surface area contributed by atoms with Crippen molar-refractivity contribution in [3.8, 4) is 5.75 Å². The number of benzene rings is 1. The molecule has 1 saturated heterocycles. The minimum absolute atomic E-state index is 0.377. The Bertz CT molecular complexity index is 697. The first-order valence-corrected chi connectivity index (χ1v) is 8.86. The van der Waals surface area contributed by atoms with Gasteiger partial charge in [0.05, 0.1) is 44.1 Å². The summed E-state index contributed by atoms with van der Waals surface area (Å²) in [6, 6.07) is 4.91. The van der Waals surface area contributed by atoms with E-state index in [9.17, 15) is 4.79 Å². The van der Waals surface area contributed by atoms with Gasteiger partial charge in [-0.15, -0.1) is 0 Å². The van der Waals surface area contributed by atoms with Gasteiger partial charge in [-0.05, 0) is 25.1 Å². The Balaban J connectivity index is 0.000000342. The van der Waals surface area contributed by atoms with Gasteiger partial charge < -0.3 is 20.1 Å². The summed E-state index contributed by atoms with van der Waals surface area (Å²) in [4.78, 5) is 20.0. The number of rotatable bonds is 3. The topological polar surface area (TPSA) is 97.4 Å². The van der Waals surface area contributed by atoms with E-state index in [2.05, 4.69) is 41.8 Å². The van der Waals surface area contributed by atoms with Crippen molar-refractivity contribution in [3.05, 3.63) is 40.8 Å². The number of hydrogen-bond acceptors (Lipinski definition) is 6. The van der Waals surface area contributed by atoms with Gasteiger partial charge in [-0.3, -0.25) is 10.3 Å². The molecule has 1 fully saturated rings. The highest BCUT2D eigenvalue weighted by molar-refractivity contribution is 9.10. The third kappa shape index (κ3) is 6.95. The number of carbonyl (C=O) groups is 1. The lowest BCUT2D eigenvalue weighted by Gasteiger charge is -2.11. The number of nitrogens with zero attached hydrogens (tertiary/aromatic N) is 2. The van der Waals surface area contributed by atoms with E-state index < -0.39 is 6.03 Å². The molecule has 140 valence electrons. The van der Waals surface area contributed by atoms with Crippen molar-refractivity contribution in [2.24, 2.45) is 0 Å². The fourth-order valence-corrected chi connectivity index (χ4v) is 2.38. The molecule has 9 heteroatoms. The quantitative estimate of drug-likeness (QED) is 0.701. The number of nitrogens with one attached hydrogen (secondary N) is 3. The van der Waals surface area contributed by atoms with Gasteiger partial charge in [0.2, 0.25) is 0 Å². The molecule has 1 aromatic carbocycles. The molecular formula is C17H22BrN5O3. The molecule has 0 radical (unpaired) electrons. The van der Waals surface area contributed by atoms with Crippen LogP contribution in [-0.4, -0.2) is 49.4 Å². The average Bonchev–Trinajstić information content (AvgIpc) is 2.66. The molecule has 1 aliphatic heterocycles. The van der Waals surface area contributed by atoms with E-state index in [0.29, 0.717) is 17.3 Å². The number of aryl methyl sites for hydroxylation is 1. The fraction of sp³-hybridized carbons (Fsp3) is 0.353. The Morgan fingerprint density at radius 3 is 2.54 bits per heavy atom. The second kappa shape index (κ2) is 10.7. The van der Waals surface area contributed by atoms with Crippen molar-refractivity contribution in [2.45, 2.75) is 6.92 Å². The van der Waals surface area contributed by atoms with Crippen LogP contribution in [0.5, 0.6) is 5.75 Å². The predicted octanol–water partition coefficient (Wildman–Crippen LogP) is 2.81. The lowest BCUT2D eigenvalue weighted by Crippen LogP contribution is -2.30. The fourth-order valence-electron chi connectivity index (χ4n) is 2.02. The second-order valence-corrected chi connectivity index (χ2v) is 6.24. The number of morpholine rings is 1. The van der Waals surface area contributed by atoms with E-state index in [1.54, 1.807) is 18.3 Å². The molecule has 0 unspecified atom stereocenters. The number of hydrogen-bond donors (Lipinski definition) is 3. The van der Waals surface area contributed by atoms with E-state index in [0.717, 1.165) is 36.5 Å². The number of anilines is 2. The van der Waals surface area contributed by atoms with E-state index in [1.807, 2.05) is 13.0 Å². The number of methoxy groups -OCH3 is 1. The molecule has 0 spiro atoms. The molecule has 26 heavy (non-hydrogen) atoms. The van der Waals surface area contributed by atoms with Gasteiger partial charge in [0.25, 0.3) is 0 Å². The zero-order chi connectivity index (χ0) is 18.8. The Hall–Kier alpha value is -2.23. The Labute approximate surface area is 160 Å². The zero-order valence-corrected chi connectivity index (χ0v) is 16.3. The Kier molecular flexibility index (Phi) is 8.26. The summed E-state index contributed by atoms with van der Waals surface area (Å²) in [6.07, 6.45) is 3.07. The van der Waals surface area contributed by atoms with E-state index in [-0.39, 0.29) is 0 Å². The Morgan fingerprint density at radius 1 is 1.23 bits per heavy atom. The molecule has 2 amide bonds. The lowest BCUT2D eigenvalue weighted by atomic mass is 10.3. The maximum atomic E-state index is 11.9. The summed E-state index contributed by atoms with van der Waals surface area (Å²) in [6.45, 7) is 5.66. The SMILES string of the molecule is C1COCCN1.COc1ccc(Br)cc1NC(=O)Nc1cnc(C)cn1. The number of ether oxygens (including phenoxy) is 2.